The van der Waals surface area contributed by atoms with Gasteiger partial charge in [0.15, 0.2) is 5.82 Å². The third-order valence-corrected chi connectivity index (χ3v) is 2.82. The molecule has 0 radical (unpaired) electrons. The van der Waals surface area contributed by atoms with E-state index in [0.29, 0.717) is 27.3 Å². The van der Waals surface area contributed by atoms with Gasteiger partial charge in [-0.3, -0.25) is 4.79 Å². The summed E-state index contributed by atoms with van der Waals surface area (Å²) in [5, 5.41) is 7.20. The van der Waals surface area contributed by atoms with E-state index in [4.69, 9.17) is 27.7 Å². The van der Waals surface area contributed by atoms with Crippen LogP contribution in [-0.4, -0.2) is 16.0 Å². The number of halogens is 2. The summed E-state index contributed by atoms with van der Waals surface area (Å²) in [6, 6.07) is 4.24. The van der Waals surface area contributed by atoms with Gasteiger partial charge in [0.2, 0.25) is 5.89 Å². The summed E-state index contributed by atoms with van der Waals surface area (Å²) in [6.45, 7) is 3.45. The Morgan fingerprint density at radius 1 is 1.32 bits per heavy atom. The number of aromatic nitrogens is 2. The molecule has 0 aliphatic heterocycles. The van der Waals surface area contributed by atoms with Crippen LogP contribution in [0.2, 0.25) is 10.0 Å². The van der Waals surface area contributed by atoms with Crippen molar-refractivity contribution in [3.63, 3.8) is 0 Å². The first-order valence-electron chi connectivity index (χ1n) is 5.53. The predicted octanol–water partition coefficient (Wildman–Crippen LogP) is 3.18. The lowest BCUT2D eigenvalue weighted by atomic mass is 10.2. The van der Waals surface area contributed by atoms with E-state index in [-0.39, 0.29) is 5.91 Å². The number of carbonyl (C=O) groups excluding carboxylic acids is 1. The molecule has 7 heteroatoms. The molecule has 1 aromatic carbocycles. The molecule has 0 saturated heterocycles. The molecule has 2 aromatic rings. The first kappa shape index (κ1) is 13.8. The minimum Gasteiger partial charge on any atom is -0.341 e. The van der Waals surface area contributed by atoms with Gasteiger partial charge in [-0.1, -0.05) is 28.4 Å². The Bertz CT molecular complexity index is 593. The molecule has 0 fully saturated rings. The predicted molar refractivity (Wildman–Crippen MR) is 71.4 cm³/mol. The molecular formula is C12H11Cl2N3O2. The molecule has 2 rings (SSSR count). The Balaban J connectivity index is 2.12. The summed E-state index contributed by atoms with van der Waals surface area (Å²) in [5.41, 5.74) is 0.376. The zero-order valence-corrected chi connectivity index (χ0v) is 11.8. The fourth-order valence-electron chi connectivity index (χ4n) is 1.52. The molecule has 1 aromatic heterocycles. The van der Waals surface area contributed by atoms with E-state index >= 15 is 0 Å². The fourth-order valence-corrected chi connectivity index (χ4v) is 2.04. The van der Waals surface area contributed by atoms with Gasteiger partial charge in [-0.25, -0.2) is 0 Å². The molecular weight excluding hydrogens is 289 g/mol. The highest BCUT2D eigenvalue weighted by atomic mass is 35.5. The fraction of sp³-hybridized carbons (Fsp3) is 0.250. The number of carbonyl (C=O) groups is 1. The van der Waals surface area contributed by atoms with Crippen LogP contribution in [0.3, 0.4) is 0 Å². The zero-order valence-electron chi connectivity index (χ0n) is 10.3. The molecule has 1 heterocycles. The van der Waals surface area contributed by atoms with E-state index in [1.807, 2.05) is 0 Å². The third kappa shape index (κ3) is 3.45. The monoisotopic (exact) mass is 299 g/mol. The molecule has 0 aliphatic rings. The van der Waals surface area contributed by atoms with Crippen LogP contribution in [0.15, 0.2) is 22.7 Å². The van der Waals surface area contributed by atoms with E-state index in [0.717, 1.165) is 0 Å². The maximum Gasteiger partial charge on any atom is 0.252 e. The first-order chi connectivity index (χ1) is 8.95. The lowest BCUT2D eigenvalue weighted by Gasteiger charge is -2.10. The number of hydrogen-bond donors (Lipinski definition) is 1. The number of nitrogens with one attached hydrogen (secondary N) is 1. The Morgan fingerprint density at radius 2 is 1.95 bits per heavy atom. The van der Waals surface area contributed by atoms with Crippen LogP contribution in [-0.2, 0) is 0 Å². The van der Waals surface area contributed by atoms with E-state index in [1.165, 1.54) is 12.1 Å². The molecule has 0 aliphatic carbocycles. The molecule has 100 valence electrons. The maximum atomic E-state index is 12.0. The van der Waals surface area contributed by atoms with Gasteiger partial charge in [-0.2, -0.15) is 4.98 Å². The van der Waals surface area contributed by atoms with Gasteiger partial charge in [-0.15, -0.1) is 0 Å². The van der Waals surface area contributed by atoms with Crippen molar-refractivity contribution in [2.75, 3.05) is 0 Å². The molecule has 0 spiro atoms. The van der Waals surface area contributed by atoms with E-state index in [1.54, 1.807) is 19.9 Å². The summed E-state index contributed by atoms with van der Waals surface area (Å²) in [4.78, 5) is 16.1. The highest BCUT2D eigenvalue weighted by Crippen LogP contribution is 2.19. The second-order valence-electron chi connectivity index (χ2n) is 4.03. The van der Waals surface area contributed by atoms with Crippen molar-refractivity contribution >= 4 is 29.1 Å². The largest absolute Gasteiger partial charge is 0.341 e. The lowest BCUT2D eigenvalue weighted by molar-refractivity contribution is 0.0932. The average molecular weight is 300 g/mol. The van der Waals surface area contributed by atoms with Crippen LogP contribution in [0, 0.1) is 6.92 Å². The average Bonchev–Trinajstić information content (AvgIpc) is 2.74. The van der Waals surface area contributed by atoms with Gasteiger partial charge < -0.3 is 9.84 Å². The maximum absolute atomic E-state index is 12.0. The first-order valence-corrected chi connectivity index (χ1v) is 6.28. The van der Waals surface area contributed by atoms with Gasteiger partial charge in [-0.05, 0) is 32.0 Å². The number of nitrogens with zero attached hydrogens (tertiary/aromatic N) is 2. The minimum absolute atomic E-state index is 0.312. The van der Waals surface area contributed by atoms with Gasteiger partial charge >= 0.3 is 0 Å². The Morgan fingerprint density at radius 3 is 2.47 bits per heavy atom. The van der Waals surface area contributed by atoms with Crippen molar-refractivity contribution in [3.05, 3.63) is 45.5 Å². The molecule has 19 heavy (non-hydrogen) atoms. The van der Waals surface area contributed by atoms with Crippen LogP contribution < -0.4 is 5.32 Å². The Hall–Kier alpha value is -1.59. The van der Waals surface area contributed by atoms with Crippen LogP contribution >= 0.6 is 23.2 Å². The Labute approximate surface area is 119 Å². The highest BCUT2D eigenvalue weighted by molar-refractivity contribution is 6.35. The Kier molecular flexibility index (Phi) is 4.07. The molecule has 1 N–H and O–H groups in total. The molecule has 1 atom stereocenters. The lowest BCUT2D eigenvalue weighted by Crippen LogP contribution is -2.26. The summed E-state index contributed by atoms with van der Waals surface area (Å²) < 4.78 is 4.98. The topological polar surface area (TPSA) is 68.0 Å². The smallest absolute Gasteiger partial charge is 0.252 e. The van der Waals surface area contributed by atoms with Crippen LogP contribution in [0.1, 0.15) is 35.0 Å². The summed E-state index contributed by atoms with van der Waals surface area (Å²) in [5.74, 6) is 0.550. The van der Waals surface area contributed by atoms with Crippen LogP contribution in [0.5, 0.6) is 0 Å². The normalized spacial score (nSPS) is 12.2. The summed E-state index contributed by atoms with van der Waals surface area (Å²) in [7, 11) is 0. The van der Waals surface area contributed by atoms with Crippen molar-refractivity contribution < 1.29 is 9.32 Å². The van der Waals surface area contributed by atoms with E-state index in [2.05, 4.69) is 15.5 Å². The van der Waals surface area contributed by atoms with Crippen molar-refractivity contribution in [2.24, 2.45) is 0 Å². The number of benzene rings is 1. The standard InChI is InChI=1S/C12H11Cl2N3O2/c1-6(12-16-7(2)17-19-12)15-11(18)8-3-9(13)5-10(14)4-8/h3-6H,1-2H3,(H,15,18)/t6-/m1/s1. The van der Waals surface area contributed by atoms with Crippen LogP contribution in [0.4, 0.5) is 0 Å². The number of aryl methyl sites for hydroxylation is 1. The number of amides is 1. The molecule has 0 bridgehead atoms. The third-order valence-electron chi connectivity index (χ3n) is 2.39. The van der Waals surface area contributed by atoms with E-state index < -0.39 is 6.04 Å². The quantitative estimate of drug-likeness (QED) is 0.945. The van der Waals surface area contributed by atoms with Gasteiger partial charge in [0.1, 0.15) is 6.04 Å². The van der Waals surface area contributed by atoms with Crippen molar-refractivity contribution in [1.82, 2.24) is 15.5 Å². The summed E-state index contributed by atoms with van der Waals surface area (Å²) >= 11 is 11.7. The van der Waals surface area contributed by atoms with Gasteiger partial charge in [0, 0.05) is 15.6 Å². The van der Waals surface area contributed by atoms with Crippen LogP contribution in [0.25, 0.3) is 0 Å². The second kappa shape index (κ2) is 5.59. The van der Waals surface area contributed by atoms with Crippen molar-refractivity contribution in [1.29, 1.82) is 0 Å². The highest BCUT2D eigenvalue weighted by Gasteiger charge is 2.17. The summed E-state index contributed by atoms with van der Waals surface area (Å²) in [6.07, 6.45) is 0. The van der Waals surface area contributed by atoms with Crippen molar-refractivity contribution in [3.8, 4) is 0 Å². The zero-order chi connectivity index (χ0) is 14.0. The molecule has 1 amide bonds. The molecule has 5 nitrogen and oxygen atoms in total. The van der Waals surface area contributed by atoms with Crippen molar-refractivity contribution in [2.45, 2.75) is 19.9 Å². The van der Waals surface area contributed by atoms with Gasteiger partial charge in [0.25, 0.3) is 5.91 Å². The minimum atomic E-state index is -0.397. The SMILES string of the molecule is Cc1noc([C@@H](C)NC(=O)c2cc(Cl)cc(Cl)c2)n1. The number of hydrogen-bond acceptors (Lipinski definition) is 4. The number of rotatable bonds is 3. The second-order valence-corrected chi connectivity index (χ2v) is 4.91. The molecule has 0 saturated carbocycles. The molecule has 0 unspecified atom stereocenters. The van der Waals surface area contributed by atoms with Gasteiger partial charge in [0.05, 0.1) is 0 Å². The van der Waals surface area contributed by atoms with E-state index in [9.17, 15) is 4.79 Å².